The largest absolute Gasteiger partial charge is 0.497 e. The van der Waals surface area contributed by atoms with Crippen LogP contribution in [0.4, 0.5) is 5.13 Å². The van der Waals surface area contributed by atoms with E-state index in [1.54, 1.807) is 18.4 Å². The van der Waals surface area contributed by atoms with E-state index in [1.807, 2.05) is 24.3 Å². The lowest BCUT2D eigenvalue weighted by atomic mass is 9.96. The third-order valence-corrected chi connectivity index (χ3v) is 5.93. The fourth-order valence-corrected chi connectivity index (χ4v) is 4.43. The normalized spacial score (nSPS) is 16.4. The second kappa shape index (κ2) is 9.35. The van der Waals surface area contributed by atoms with Gasteiger partial charge in [0.05, 0.1) is 12.8 Å². The van der Waals surface area contributed by atoms with Crippen molar-refractivity contribution in [1.29, 1.82) is 0 Å². The molecule has 1 aliphatic rings. The molecule has 1 saturated carbocycles. The van der Waals surface area contributed by atoms with Crippen LogP contribution in [0.5, 0.6) is 5.75 Å². The molecule has 6 heteroatoms. The lowest BCUT2D eigenvalue weighted by Gasteiger charge is -2.22. The van der Waals surface area contributed by atoms with Gasteiger partial charge in [-0.3, -0.25) is 0 Å². The van der Waals surface area contributed by atoms with Crippen LogP contribution in [-0.4, -0.2) is 36.6 Å². The van der Waals surface area contributed by atoms with Gasteiger partial charge in [0.15, 0.2) is 11.4 Å². The molecule has 0 saturated heterocycles. The Bertz CT molecular complexity index is 681. The second-order valence-electron chi connectivity index (χ2n) is 6.73. The summed E-state index contributed by atoms with van der Waals surface area (Å²) in [6.45, 7) is 0. The van der Waals surface area contributed by atoms with Gasteiger partial charge in [-0.15, -0.1) is 11.3 Å². The summed E-state index contributed by atoms with van der Waals surface area (Å²) >= 11 is 1.69. The summed E-state index contributed by atoms with van der Waals surface area (Å²) in [6.07, 6.45) is 6.92. The average Bonchev–Trinajstić information content (AvgIpc) is 3.09. The molecule has 1 aromatic heterocycles. The maximum absolute atomic E-state index is 9.75. The maximum Gasteiger partial charge on any atom is 0.183 e. The summed E-state index contributed by atoms with van der Waals surface area (Å²) < 4.78 is 10.2. The Morgan fingerprint density at radius 2 is 1.92 bits per heavy atom. The van der Waals surface area contributed by atoms with E-state index < -0.39 is 6.29 Å². The lowest BCUT2D eigenvalue weighted by molar-refractivity contribution is -0.0776. The number of hydrogen-bond donors (Lipinski definition) is 2. The first kappa shape index (κ1) is 19.1. The summed E-state index contributed by atoms with van der Waals surface area (Å²) in [6, 6.07) is 8.51. The molecule has 2 N–H and O–H groups in total. The summed E-state index contributed by atoms with van der Waals surface area (Å²) in [5.74, 6) is 0.834. The lowest BCUT2D eigenvalue weighted by Crippen LogP contribution is -2.21. The number of methoxy groups -OCH3 is 2. The van der Waals surface area contributed by atoms with E-state index in [9.17, 15) is 5.11 Å². The number of rotatable bonds is 8. The van der Waals surface area contributed by atoms with Crippen LogP contribution in [0.15, 0.2) is 24.3 Å². The van der Waals surface area contributed by atoms with E-state index in [1.165, 1.54) is 44.1 Å². The number of nitrogens with one attached hydrogen (secondary N) is 1. The van der Waals surface area contributed by atoms with Crippen molar-refractivity contribution >= 4 is 16.5 Å². The van der Waals surface area contributed by atoms with Crippen molar-refractivity contribution < 1.29 is 14.6 Å². The minimum absolute atomic E-state index is 0.524. The fourth-order valence-electron chi connectivity index (χ4n) is 3.35. The number of anilines is 1. The number of benzene rings is 1. The standard InChI is InChI=1S/C20H28N2O3S/c1-24-16-10-8-14(9-11-16)19-17(12-13-18(23)25-2)26-20(22-19)21-15-6-4-3-5-7-15/h8-11,15,18,23H,3-7,12-13H2,1-2H3,(H,21,22). The fraction of sp³-hybridized carbons (Fsp3) is 0.550. The monoisotopic (exact) mass is 376 g/mol. The van der Waals surface area contributed by atoms with E-state index in [0.717, 1.165) is 28.6 Å². The molecule has 1 aliphatic carbocycles. The molecule has 0 spiro atoms. The van der Waals surface area contributed by atoms with Crippen molar-refractivity contribution in [2.75, 3.05) is 19.5 Å². The van der Waals surface area contributed by atoms with E-state index in [0.29, 0.717) is 12.5 Å². The topological polar surface area (TPSA) is 63.6 Å². The Morgan fingerprint density at radius 1 is 1.19 bits per heavy atom. The van der Waals surface area contributed by atoms with Crippen molar-refractivity contribution in [3.05, 3.63) is 29.1 Å². The van der Waals surface area contributed by atoms with Crippen LogP contribution in [0.25, 0.3) is 11.3 Å². The van der Waals surface area contributed by atoms with Gasteiger partial charge in [0, 0.05) is 30.0 Å². The number of nitrogens with zero attached hydrogens (tertiary/aromatic N) is 1. The van der Waals surface area contributed by atoms with E-state index in [2.05, 4.69) is 5.32 Å². The van der Waals surface area contributed by atoms with Crippen LogP contribution in [0.1, 0.15) is 43.4 Å². The van der Waals surface area contributed by atoms with Crippen molar-refractivity contribution in [2.45, 2.75) is 57.3 Å². The highest BCUT2D eigenvalue weighted by atomic mass is 32.1. The van der Waals surface area contributed by atoms with E-state index in [4.69, 9.17) is 14.5 Å². The van der Waals surface area contributed by atoms with E-state index >= 15 is 0 Å². The number of hydrogen-bond acceptors (Lipinski definition) is 6. The molecule has 0 bridgehead atoms. The molecule has 1 unspecified atom stereocenters. The Balaban J connectivity index is 1.81. The van der Waals surface area contributed by atoms with Gasteiger partial charge in [-0.05, 0) is 43.5 Å². The van der Waals surface area contributed by atoms with Crippen molar-refractivity contribution in [3.8, 4) is 17.0 Å². The zero-order chi connectivity index (χ0) is 18.4. The molecule has 1 fully saturated rings. The minimum atomic E-state index is -0.740. The first-order valence-corrected chi connectivity index (χ1v) is 10.1. The first-order valence-electron chi connectivity index (χ1n) is 9.31. The van der Waals surface area contributed by atoms with E-state index in [-0.39, 0.29) is 0 Å². The third-order valence-electron chi connectivity index (χ3n) is 4.88. The molecule has 0 amide bonds. The molecule has 5 nitrogen and oxygen atoms in total. The molecular formula is C20H28N2O3S. The zero-order valence-electron chi connectivity index (χ0n) is 15.5. The van der Waals surface area contributed by atoms with Gasteiger partial charge < -0.3 is 19.9 Å². The van der Waals surface area contributed by atoms with Crippen molar-refractivity contribution in [1.82, 2.24) is 4.98 Å². The Labute approximate surface area is 159 Å². The van der Waals surface area contributed by atoms with Gasteiger partial charge in [-0.25, -0.2) is 4.98 Å². The van der Waals surface area contributed by atoms with Crippen LogP contribution < -0.4 is 10.1 Å². The molecule has 0 radical (unpaired) electrons. The first-order chi connectivity index (χ1) is 12.7. The highest BCUT2D eigenvalue weighted by Gasteiger charge is 2.18. The Morgan fingerprint density at radius 3 is 2.58 bits per heavy atom. The van der Waals surface area contributed by atoms with Gasteiger partial charge >= 0.3 is 0 Å². The van der Waals surface area contributed by atoms with Crippen LogP contribution in [0.2, 0.25) is 0 Å². The maximum atomic E-state index is 9.75. The predicted molar refractivity (Wildman–Crippen MR) is 106 cm³/mol. The van der Waals surface area contributed by atoms with Gasteiger partial charge in [-0.1, -0.05) is 19.3 Å². The van der Waals surface area contributed by atoms with Crippen LogP contribution in [-0.2, 0) is 11.2 Å². The minimum Gasteiger partial charge on any atom is -0.497 e. The molecule has 1 heterocycles. The quantitative estimate of drug-likeness (QED) is 0.666. The van der Waals surface area contributed by atoms with Gasteiger partial charge in [-0.2, -0.15) is 0 Å². The zero-order valence-corrected chi connectivity index (χ0v) is 16.3. The number of aryl methyl sites for hydroxylation is 1. The SMILES string of the molecule is COc1ccc(-c2nc(NC3CCCCC3)sc2CCC(O)OC)cc1. The van der Waals surface area contributed by atoms with Crippen LogP contribution in [0, 0.1) is 0 Å². The van der Waals surface area contributed by atoms with Gasteiger partial charge in [0.25, 0.3) is 0 Å². The van der Waals surface area contributed by atoms with Crippen LogP contribution in [0.3, 0.4) is 0 Å². The predicted octanol–water partition coefficient (Wildman–Crippen LogP) is 4.46. The molecule has 1 aromatic carbocycles. The average molecular weight is 377 g/mol. The number of aliphatic hydroxyl groups is 1. The summed E-state index contributed by atoms with van der Waals surface area (Å²) in [4.78, 5) is 6.05. The number of ether oxygens (including phenoxy) is 2. The van der Waals surface area contributed by atoms with Crippen molar-refractivity contribution in [2.24, 2.45) is 0 Å². The molecule has 1 atom stereocenters. The molecular weight excluding hydrogens is 348 g/mol. The summed E-state index contributed by atoms with van der Waals surface area (Å²) in [5.41, 5.74) is 2.06. The number of aromatic nitrogens is 1. The van der Waals surface area contributed by atoms with Gasteiger partial charge in [0.1, 0.15) is 5.75 Å². The van der Waals surface area contributed by atoms with Crippen LogP contribution >= 0.6 is 11.3 Å². The Hall–Kier alpha value is -1.63. The third kappa shape index (κ3) is 4.96. The smallest absolute Gasteiger partial charge is 0.183 e. The molecule has 2 aromatic rings. The molecule has 142 valence electrons. The summed E-state index contributed by atoms with van der Waals surface area (Å²) in [7, 11) is 3.19. The molecule has 0 aliphatic heterocycles. The highest BCUT2D eigenvalue weighted by molar-refractivity contribution is 7.16. The van der Waals surface area contributed by atoms with Gasteiger partial charge in [0.2, 0.25) is 0 Å². The Kier molecular flexibility index (Phi) is 6.88. The number of aliphatic hydroxyl groups excluding tert-OH is 1. The number of thiazole rings is 1. The molecule has 3 rings (SSSR count). The summed E-state index contributed by atoms with van der Waals surface area (Å²) in [5, 5.41) is 14.3. The van der Waals surface area contributed by atoms with Crippen molar-refractivity contribution in [3.63, 3.8) is 0 Å². The second-order valence-corrected chi connectivity index (χ2v) is 7.81. The molecule has 26 heavy (non-hydrogen) atoms. The highest BCUT2D eigenvalue weighted by Crippen LogP contribution is 2.34.